The Hall–Kier alpha value is -2.22. The number of carbonyl (C=O) groups is 1. The van der Waals surface area contributed by atoms with Crippen molar-refractivity contribution in [2.75, 3.05) is 39.7 Å². The number of amides is 1. The van der Waals surface area contributed by atoms with Crippen LogP contribution in [0.1, 0.15) is 10.4 Å². The number of likely N-dealkylation sites (tertiary alicyclic amines) is 1. The third-order valence-corrected chi connectivity index (χ3v) is 5.92. The number of thioether (sulfide) groups is 1. The van der Waals surface area contributed by atoms with E-state index in [1.807, 2.05) is 59.7 Å². The number of hydrogen-bond donors (Lipinski definition) is 0. The smallest absolute Gasteiger partial charge is 0.254 e. The number of ether oxygens (including phenoxy) is 4. The van der Waals surface area contributed by atoms with Crippen molar-refractivity contribution < 1.29 is 23.7 Å². The second kappa shape index (κ2) is 9.07. The zero-order valence-electron chi connectivity index (χ0n) is 16.6. The fourth-order valence-electron chi connectivity index (χ4n) is 3.59. The zero-order chi connectivity index (χ0) is 20.2. The SMILES string of the molecule is COc1cccc(OC2CO[C@H]3CN(C(=O)c4ccc(SC)cc4)C[C@@H]3OC2)c1. The highest BCUT2D eigenvalue weighted by Crippen LogP contribution is 2.25. The van der Waals surface area contributed by atoms with E-state index >= 15 is 0 Å². The summed E-state index contributed by atoms with van der Waals surface area (Å²) in [4.78, 5) is 15.8. The van der Waals surface area contributed by atoms with E-state index in [-0.39, 0.29) is 24.2 Å². The first-order valence-electron chi connectivity index (χ1n) is 9.63. The highest BCUT2D eigenvalue weighted by atomic mass is 32.2. The summed E-state index contributed by atoms with van der Waals surface area (Å²) < 4.78 is 23.3. The summed E-state index contributed by atoms with van der Waals surface area (Å²) in [6, 6.07) is 15.2. The average Bonchev–Trinajstić information content (AvgIpc) is 3.09. The van der Waals surface area contributed by atoms with Crippen molar-refractivity contribution in [1.82, 2.24) is 4.90 Å². The minimum atomic E-state index is -0.198. The monoisotopic (exact) mass is 415 g/mol. The van der Waals surface area contributed by atoms with E-state index in [0.717, 1.165) is 16.4 Å². The molecule has 0 unspecified atom stereocenters. The van der Waals surface area contributed by atoms with Crippen molar-refractivity contribution in [2.24, 2.45) is 0 Å². The van der Waals surface area contributed by atoms with Gasteiger partial charge >= 0.3 is 0 Å². The number of benzene rings is 2. The van der Waals surface area contributed by atoms with Crippen molar-refractivity contribution in [3.8, 4) is 11.5 Å². The molecule has 0 N–H and O–H groups in total. The van der Waals surface area contributed by atoms with Crippen LogP contribution in [0.15, 0.2) is 53.4 Å². The van der Waals surface area contributed by atoms with Crippen molar-refractivity contribution in [3.63, 3.8) is 0 Å². The van der Waals surface area contributed by atoms with Gasteiger partial charge in [-0.25, -0.2) is 0 Å². The Morgan fingerprint density at radius 3 is 2.31 bits per heavy atom. The summed E-state index contributed by atoms with van der Waals surface area (Å²) in [6.07, 6.45) is 1.55. The van der Waals surface area contributed by atoms with Crippen LogP contribution in [0, 0.1) is 0 Å². The summed E-state index contributed by atoms with van der Waals surface area (Å²) in [5.74, 6) is 1.48. The third kappa shape index (κ3) is 4.69. The van der Waals surface area contributed by atoms with Crippen LogP contribution in [-0.2, 0) is 9.47 Å². The van der Waals surface area contributed by atoms with Crippen LogP contribution in [0.3, 0.4) is 0 Å². The summed E-state index contributed by atoms with van der Waals surface area (Å²) in [5, 5.41) is 0. The van der Waals surface area contributed by atoms with Crippen LogP contribution in [0.25, 0.3) is 0 Å². The molecule has 4 rings (SSSR count). The minimum Gasteiger partial charge on any atom is -0.497 e. The van der Waals surface area contributed by atoms with Gasteiger partial charge in [0.15, 0.2) is 0 Å². The third-order valence-electron chi connectivity index (χ3n) is 5.18. The fraction of sp³-hybridized carbons (Fsp3) is 0.409. The van der Waals surface area contributed by atoms with Gasteiger partial charge in [-0.3, -0.25) is 4.79 Å². The molecule has 0 saturated carbocycles. The van der Waals surface area contributed by atoms with Gasteiger partial charge in [-0.1, -0.05) is 6.07 Å². The normalized spacial score (nSPS) is 22.1. The van der Waals surface area contributed by atoms with Crippen LogP contribution in [0.4, 0.5) is 0 Å². The average molecular weight is 416 g/mol. The van der Waals surface area contributed by atoms with Crippen molar-refractivity contribution in [2.45, 2.75) is 23.2 Å². The Morgan fingerprint density at radius 1 is 1.03 bits per heavy atom. The Morgan fingerprint density at radius 2 is 1.69 bits per heavy atom. The van der Waals surface area contributed by atoms with Gasteiger partial charge in [-0.05, 0) is 42.7 Å². The summed E-state index contributed by atoms with van der Waals surface area (Å²) in [6.45, 7) is 1.89. The lowest BCUT2D eigenvalue weighted by atomic mass is 10.2. The number of hydrogen-bond acceptors (Lipinski definition) is 6. The summed E-state index contributed by atoms with van der Waals surface area (Å²) >= 11 is 1.66. The number of fused-ring (bicyclic) bond motifs is 1. The van der Waals surface area contributed by atoms with Crippen molar-refractivity contribution in [1.29, 1.82) is 0 Å². The van der Waals surface area contributed by atoms with Gasteiger partial charge in [-0.15, -0.1) is 11.8 Å². The van der Waals surface area contributed by atoms with Crippen LogP contribution in [0.5, 0.6) is 11.5 Å². The molecule has 0 aliphatic carbocycles. The molecule has 29 heavy (non-hydrogen) atoms. The molecule has 6 nitrogen and oxygen atoms in total. The van der Waals surface area contributed by atoms with Gasteiger partial charge in [0.05, 0.1) is 20.3 Å². The number of nitrogens with zero attached hydrogens (tertiary/aromatic N) is 1. The molecule has 1 amide bonds. The molecule has 2 fully saturated rings. The topological polar surface area (TPSA) is 57.2 Å². The molecular formula is C22H25NO5S. The minimum absolute atomic E-state index is 0.0158. The molecule has 2 aliphatic heterocycles. The van der Waals surface area contributed by atoms with E-state index in [0.29, 0.717) is 31.9 Å². The number of carbonyl (C=O) groups excluding carboxylic acids is 1. The molecule has 2 saturated heterocycles. The van der Waals surface area contributed by atoms with Crippen LogP contribution in [-0.4, -0.2) is 68.8 Å². The number of rotatable bonds is 5. The van der Waals surface area contributed by atoms with E-state index < -0.39 is 0 Å². The Labute approximate surface area is 175 Å². The molecule has 2 aromatic rings. The second-order valence-electron chi connectivity index (χ2n) is 7.10. The maximum Gasteiger partial charge on any atom is 0.254 e. The van der Waals surface area contributed by atoms with Gasteiger partial charge in [0, 0.05) is 29.6 Å². The molecule has 2 heterocycles. The van der Waals surface area contributed by atoms with Crippen LogP contribution in [0.2, 0.25) is 0 Å². The molecule has 0 bridgehead atoms. The Bertz CT molecular complexity index is 827. The van der Waals surface area contributed by atoms with Gasteiger partial charge < -0.3 is 23.8 Å². The number of methoxy groups -OCH3 is 1. The largest absolute Gasteiger partial charge is 0.497 e. The first-order valence-corrected chi connectivity index (χ1v) is 10.9. The molecule has 2 atom stereocenters. The van der Waals surface area contributed by atoms with E-state index in [4.69, 9.17) is 18.9 Å². The molecular weight excluding hydrogens is 390 g/mol. The molecule has 2 aromatic carbocycles. The van der Waals surface area contributed by atoms with Crippen molar-refractivity contribution >= 4 is 17.7 Å². The maximum atomic E-state index is 12.8. The highest BCUT2D eigenvalue weighted by molar-refractivity contribution is 7.98. The molecule has 0 spiro atoms. The predicted molar refractivity (Wildman–Crippen MR) is 111 cm³/mol. The quantitative estimate of drug-likeness (QED) is 0.700. The van der Waals surface area contributed by atoms with Gasteiger partial charge in [0.1, 0.15) is 29.8 Å². The van der Waals surface area contributed by atoms with E-state index in [2.05, 4.69) is 0 Å². The zero-order valence-corrected chi connectivity index (χ0v) is 17.4. The molecule has 7 heteroatoms. The van der Waals surface area contributed by atoms with E-state index in [1.165, 1.54) is 0 Å². The Kier molecular flexibility index (Phi) is 6.28. The molecule has 2 aliphatic rings. The highest BCUT2D eigenvalue weighted by Gasteiger charge is 2.40. The maximum absolute atomic E-state index is 12.8. The molecule has 0 aromatic heterocycles. The Balaban J connectivity index is 1.33. The second-order valence-corrected chi connectivity index (χ2v) is 7.98. The van der Waals surface area contributed by atoms with E-state index in [1.54, 1.807) is 18.9 Å². The lowest BCUT2D eigenvalue weighted by Gasteiger charge is -2.20. The summed E-state index contributed by atoms with van der Waals surface area (Å²) in [7, 11) is 1.63. The predicted octanol–water partition coefficient (Wildman–Crippen LogP) is 3.10. The lowest BCUT2D eigenvalue weighted by molar-refractivity contribution is -0.00461. The first-order chi connectivity index (χ1) is 14.2. The molecule has 0 radical (unpaired) electrons. The first kappa shape index (κ1) is 20.1. The van der Waals surface area contributed by atoms with Gasteiger partial charge in [0.2, 0.25) is 0 Å². The van der Waals surface area contributed by atoms with E-state index in [9.17, 15) is 4.79 Å². The van der Waals surface area contributed by atoms with Gasteiger partial charge in [0.25, 0.3) is 5.91 Å². The van der Waals surface area contributed by atoms with Crippen LogP contribution >= 0.6 is 11.8 Å². The van der Waals surface area contributed by atoms with Gasteiger partial charge in [-0.2, -0.15) is 0 Å². The summed E-state index contributed by atoms with van der Waals surface area (Å²) in [5.41, 5.74) is 0.693. The standard InChI is InChI=1S/C22H25NO5S/c1-25-16-4-3-5-17(10-16)28-18-13-26-20-11-23(12-21(20)27-14-18)22(24)15-6-8-19(29-2)9-7-15/h3-10,18,20-21H,11-14H2,1-2H3/t20-,21-/m0/s1. The fourth-order valence-corrected chi connectivity index (χ4v) is 4.00. The molecule has 154 valence electrons. The van der Waals surface area contributed by atoms with Crippen molar-refractivity contribution in [3.05, 3.63) is 54.1 Å². The lowest BCUT2D eigenvalue weighted by Crippen LogP contribution is -2.32. The van der Waals surface area contributed by atoms with Crippen LogP contribution < -0.4 is 9.47 Å².